The maximum atomic E-state index is 6.33. The van der Waals surface area contributed by atoms with Crippen LogP contribution in [0.4, 0.5) is 0 Å². The van der Waals surface area contributed by atoms with Crippen molar-refractivity contribution in [2.45, 2.75) is 64.1 Å². The van der Waals surface area contributed by atoms with Crippen molar-refractivity contribution in [1.29, 1.82) is 0 Å². The van der Waals surface area contributed by atoms with Crippen LogP contribution < -0.4 is 5.73 Å². The van der Waals surface area contributed by atoms with Crippen LogP contribution in [-0.4, -0.2) is 24.4 Å². The second-order valence-corrected chi connectivity index (χ2v) is 6.64. The van der Waals surface area contributed by atoms with Gasteiger partial charge in [-0.3, -0.25) is 0 Å². The summed E-state index contributed by atoms with van der Waals surface area (Å²) in [7, 11) is 0. The lowest BCUT2D eigenvalue weighted by Crippen LogP contribution is -2.38. The summed E-state index contributed by atoms with van der Waals surface area (Å²) in [5.74, 6) is 0. The number of nitrogens with two attached hydrogens (primary N) is 1. The lowest BCUT2D eigenvalue weighted by molar-refractivity contribution is -0.126. The summed E-state index contributed by atoms with van der Waals surface area (Å²) in [6.07, 6.45) is 2.47. The molecule has 4 atom stereocenters. The zero-order valence-electron chi connectivity index (χ0n) is 12.4. The zero-order chi connectivity index (χ0) is 14.7. The molecule has 1 aromatic carbocycles. The van der Waals surface area contributed by atoms with Gasteiger partial charge in [-0.2, -0.15) is 0 Å². The smallest absolute Gasteiger partial charge is 0.0987 e. The summed E-state index contributed by atoms with van der Waals surface area (Å²) in [6.45, 7) is 6.20. The first-order valence-corrected chi connectivity index (χ1v) is 8.07. The van der Waals surface area contributed by atoms with Gasteiger partial charge in [-0.05, 0) is 45.2 Å². The van der Waals surface area contributed by atoms with E-state index in [4.69, 9.17) is 15.2 Å². The van der Waals surface area contributed by atoms with Crippen LogP contribution in [-0.2, 0) is 9.47 Å². The van der Waals surface area contributed by atoms with Gasteiger partial charge in [-0.25, -0.2) is 0 Å². The molecule has 1 saturated heterocycles. The minimum Gasteiger partial charge on any atom is -0.375 e. The van der Waals surface area contributed by atoms with E-state index in [0.717, 1.165) is 22.9 Å². The molecule has 0 spiro atoms. The van der Waals surface area contributed by atoms with Crippen molar-refractivity contribution >= 4 is 15.9 Å². The third-order valence-electron chi connectivity index (χ3n) is 3.68. The Morgan fingerprint density at radius 2 is 1.85 bits per heavy atom. The predicted molar refractivity (Wildman–Crippen MR) is 84.6 cm³/mol. The minimum absolute atomic E-state index is 0.0536. The molecule has 0 saturated carbocycles. The lowest BCUT2D eigenvalue weighted by Gasteiger charge is -2.35. The van der Waals surface area contributed by atoms with E-state index >= 15 is 0 Å². The first kappa shape index (κ1) is 16.0. The highest BCUT2D eigenvalue weighted by Crippen LogP contribution is 2.32. The summed E-state index contributed by atoms with van der Waals surface area (Å²) < 4.78 is 13.1. The molecule has 4 unspecified atom stereocenters. The lowest BCUT2D eigenvalue weighted by atomic mass is 10.00. The standard InChI is InChI=1S/C16H24BrNO2/c1-10-8-13(9-11(2)19-10)20-16(12(3)18)14-6-4-5-7-15(14)17/h4-7,10-13,16H,8-9,18H2,1-3H3. The molecule has 3 nitrogen and oxygen atoms in total. The number of hydrogen-bond acceptors (Lipinski definition) is 3. The van der Waals surface area contributed by atoms with Crippen LogP contribution in [0.2, 0.25) is 0 Å². The Kier molecular flexibility index (Phi) is 5.61. The molecule has 0 aliphatic carbocycles. The van der Waals surface area contributed by atoms with E-state index in [1.54, 1.807) is 0 Å². The number of hydrogen-bond donors (Lipinski definition) is 1. The predicted octanol–water partition coefficient (Wildman–Crippen LogP) is 3.81. The fourth-order valence-corrected chi connectivity index (χ4v) is 3.36. The first-order chi connectivity index (χ1) is 9.47. The van der Waals surface area contributed by atoms with Crippen molar-refractivity contribution in [1.82, 2.24) is 0 Å². The van der Waals surface area contributed by atoms with E-state index in [1.165, 1.54) is 0 Å². The van der Waals surface area contributed by atoms with Crippen LogP contribution >= 0.6 is 15.9 Å². The maximum absolute atomic E-state index is 6.33. The van der Waals surface area contributed by atoms with Crippen molar-refractivity contribution in [3.8, 4) is 0 Å². The fraction of sp³-hybridized carbons (Fsp3) is 0.625. The van der Waals surface area contributed by atoms with Gasteiger partial charge in [0.2, 0.25) is 0 Å². The third-order valence-corrected chi connectivity index (χ3v) is 4.40. The van der Waals surface area contributed by atoms with Crippen molar-refractivity contribution < 1.29 is 9.47 Å². The van der Waals surface area contributed by atoms with Crippen LogP contribution in [0.15, 0.2) is 28.7 Å². The molecule has 1 aliphatic heterocycles. The van der Waals surface area contributed by atoms with Crippen LogP contribution in [0.3, 0.4) is 0 Å². The molecule has 0 aromatic heterocycles. The number of benzene rings is 1. The summed E-state index contributed by atoms with van der Waals surface area (Å²) in [6, 6.07) is 8.08. The van der Waals surface area contributed by atoms with Gasteiger partial charge < -0.3 is 15.2 Å². The summed E-state index contributed by atoms with van der Waals surface area (Å²) >= 11 is 3.59. The normalized spacial score (nSPS) is 29.9. The second kappa shape index (κ2) is 7.03. The Hall–Kier alpha value is -0.420. The first-order valence-electron chi connectivity index (χ1n) is 7.28. The minimum atomic E-state index is -0.0897. The molecule has 0 bridgehead atoms. The molecule has 0 radical (unpaired) electrons. The van der Waals surface area contributed by atoms with Crippen LogP contribution in [0, 0.1) is 0 Å². The van der Waals surface area contributed by atoms with Gasteiger partial charge >= 0.3 is 0 Å². The Morgan fingerprint density at radius 1 is 1.25 bits per heavy atom. The molecule has 0 amide bonds. The molecule has 1 fully saturated rings. The van der Waals surface area contributed by atoms with Crippen LogP contribution in [0.25, 0.3) is 0 Å². The van der Waals surface area contributed by atoms with Crippen molar-refractivity contribution in [3.05, 3.63) is 34.3 Å². The van der Waals surface area contributed by atoms with E-state index < -0.39 is 0 Å². The third kappa shape index (κ3) is 4.04. The maximum Gasteiger partial charge on any atom is 0.0987 e. The quantitative estimate of drug-likeness (QED) is 0.905. The fourth-order valence-electron chi connectivity index (χ4n) is 2.85. The Bertz CT molecular complexity index is 428. The number of halogens is 1. The number of ether oxygens (including phenoxy) is 2. The molecular formula is C16H24BrNO2. The molecule has 4 heteroatoms. The van der Waals surface area contributed by atoms with Gasteiger partial charge in [0, 0.05) is 10.5 Å². The van der Waals surface area contributed by atoms with E-state index in [2.05, 4.69) is 35.8 Å². The molecular weight excluding hydrogens is 318 g/mol. The van der Waals surface area contributed by atoms with E-state index in [-0.39, 0.29) is 30.5 Å². The average molecular weight is 342 g/mol. The monoisotopic (exact) mass is 341 g/mol. The SMILES string of the molecule is CC1CC(OC(c2ccccc2Br)C(C)N)CC(C)O1. The Balaban J connectivity index is 2.12. The highest BCUT2D eigenvalue weighted by atomic mass is 79.9. The topological polar surface area (TPSA) is 44.5 Å². The Labute approximate surface area is 130 Å². The molecule has 2 N–H and O–H groups in total. The number of rotatable bonds is 4. The van der Waals surface area contributed by atoms with E-state index in [9.17, 15) is 0 Å². The molecule has 1 heterocycles. The zero-order valence-corrected chi connectivity index (χ0v) is 14.0. The van der Waals surface area contributed by atoms with E-state index in [0.29, 0.717) is 0 Å². The molecule has 112 valence electrons. The molecule has 1 aliphatic rings. The summed E-state index contributed by atoms with van der Waals surface area (Å²) in [4.78, 5) is 0. The molecule has 1 aromatic rings. The second-order valence-electron chi connectivity index (χ2n) is 5.79. The van der Waals surface area contributed by atoms with Crippen molar-refractivity contribution in [2.24, 2.45) is 5.73 Å². The van der Waals surface area contributed by atoms with Gasteiger partial charge in [0.15, 0.2) is 0 Å². The van der Waals surface area contributed by atoms with Crippen LogP contribution in [0.5, 0.6) is 0 Å². The summed E-state index contributed by atoms with van der Waals surface area (Å²) in [5, 5.41) is 0. The van der Waals surface area contributed by atoms with Gasteiger partial charge in [-0.1, -0.05) is 34.1 Å². The average Bonchev–Trinajstić information content (AvgIpc) is 2.35. The Morgan fingerprint density at radius 3 is 2.40 bits per heavy atom. The largest absolute Gasteiger partial charge is 0.375 e. The van der Waals surface area contributed by atoms with Crippen molar-refractivity contribution in [3.63, 3.8) is 0 Å². The van der Waals surface area contributed by atoms with Gasteiger partial charge in [0.05, 0.1) is 24.4 Å². The highest BCUT2D eigenvalue weighted by Gasteiger charge is 2.29. The highest BCUT2D eigenvalue weighted by molar-refractivity contribution is 9.10. The molecule has 2 rings (SSSR count). The van der Waals surface area contributed by atoms with Gasteiger partial charge in [0.25, 0.3) is 0 Å². The van der Waals surface area contributed by atoms with Gasteiger partial charge in [0.1, 0.15) is 0 Å². The van der Waals surface area contributed by atoms with Crippen molar-refractivity contribution in [2.75, 3.05) is 0 Å². The molecule has 20 heavy (non-hydrogen) atoms. The van der Waals surface area contributed by atoms with Gasteiger partial charge in [-0.15, -0.1) is 0 Å². The summed E-state index contributed by atoms with van der Waals surface area (Å²) in [5.41, 5.74) is 7.27. The van der Waals surface area contributed by atoms with E-state index in [1.807, 2.05) is 25.1 Å². The van der Waals surface area contributed by atoms with Crippen LogP contribution in [0.1, 0.15) is 45.3 Å².